The van der Waals surface area contributed by atoms with Crippen LogP contribution in [0.4, 0.5) is 5.82 Å². The lowest BCUT2D eigenvalue weighted by molar-refractivity contribution is -0.536. The Kier molecular flexibility index (Phi) is 14.8. The van der Waals surface area contributed by atoms with Crippen LogP contribution in [0, 0.1) is 5.92 Å². The molecule has 48 heavy (non-hydrogen) atoms. The molecule has 4 rings (SSSR count). The van der Waals surface area contributed by atoms with Gasteiger partial charge in [0.2, 0.25) is 0 Å². The van der Waals surface area contributed by atoms with Crippen molar-refractivity contribution in [3.8, 4) is 0 Å². The number of allylic oxidation sites excluding steroid dienone is 4. The van der Waals surface area contributed by atoms with Crippen molar-refractivity contribution in [2.75, 3.05) is 58.7 Å². The van der Waals surface area contributed by atoms with Crippen LogP contribution in [-0.4, -0.2) is 97.2 Å². The van der Waals surface area contributed by atoms with Crippen LogP contribution in [0.15, 0.2) is 77.5 Å². The normalized spacial score (nSPS) is 19.9. The molecule has 0 saturated carbocycles. The monoisotopic (exact) mass is 652 g/mol. The second-order valence-electron chi connectivity index (χ2n) is 14.1. The topological polar surface area (TPSA) is 46.8 Å². The molecule has 0 radical (unpaired) electrons. The molecule has 260 valence electrons. The average Bonchev–Trinajstić information content (AvgIpc) is 3.12. The predicted octanol–water partition coefficient (Wildman–Crippen LogP) is 8.33. The third kappa shape index (κ3) is 10.6. The van der Waals surface area contributed by atoms with Gasteiger partial charge in [-0.1, -0.05) is 44.2 Å². The van der Waals surface area contributed by atoms with Gasteiger partial charge in [0.15, 0.2) is 6.21 Å². The molecule has 2 aromatic rings. The van der Waals surface area contributed by atoms with Crippen molar-refractivity contribution < 1.29 is 4.58 Å². The Labute approximate surface area is 292 Å². The average molecular weight is 652 g/mol. The van der Waals surface area contributed by atoms with E-state index in [1.807, 2.05) is 31.6 Å². The summed E-state index contributed by atoms with van der Waals surface area (Å²) in [4.78, 5) is 14.0. The standard InChI is InChI=1S/C42H63N6/c1-9-23-48(34(5)10-2)31-37-18-24-46(25-19-37)30-36-11-13-38(14-12-36)39-20-26-47(27-21-39)35(6)32(3)28-33(4)41(17-22-43-7)40-15-16-42(44-8)45-29-40/h11-17,22,28-30,34-35,37,39H,4,9-10,18-21,23-27,31H2,1-3,5-8H3,(H,44,45)/q+1/b32-28+,41-17+,43-22?,46-30?. The van der Waals surface area contributed by atoms with Gasteiger partial charge in [-0.3, -0.25) is 9.89 Å². The number of aliphatic imine (C=N–C) groups is 1. The van der Waals surface area contributed by atoms with Gasteiger partial charge < -0.3 is 10.2 Å². The number of likely N-dealkylation sites (tertiary alicyclic amines) is 1. The Hall–Kier alpha value is -3.35. The van der Waals surface area contributed by atoms with Crippen molar-refractivity contribution in [3.63, 3.8) is 0 Å². The summed E-state index contributed by atoms with van der Waals surface area (Å²) in [7, 11) is 3.67. The molecule has 3 heterocycles. The lowest BCUT2D eigenvalue weighted by Crippen LogP contribution is -2.40. The molecule has 0 bridgehead atoms. The largest absolute Gasteiger partial charge is 0.373 e. The molecule has 1 N–H and O–H groups in total. The minimum absolute atomic E-state index is 0.361. The van der Waals surface area contributed by atoms with E-state index in [4.69, 9.17) is 0 Å². The molecule has 2 unspecified atom stereocenters. The van der Waals surface area contributed by atoms with Crippen LogP contribution in [-0.2, 0) is 0 Å². The number of pyridine rings is 1. The minimum atomic E-state index is 0.361. The van der Waals surface area contributed by atoms with Crippen LogP contribution >= 0.6 is 0 Å². The van der Waals surface area contributed by atoms with Crippen molar-refractivity contribution >= 4 is 23.8 Å². The van der Waals surface area contributed by atoms with E-state index in [1.54, 1.807) is 7.05 Å². The van der Waals surface area contributed by atoms with Crippen LogP contribution in [0.3, 0.4) is 0 Å². The second-order valence-corrected chi connectivity index (χ2v) is 14.1. The van der Waals surface area contributed by atoms with Crippen LogP contribution in [0.25, 0.3) is 5.57 Å². The Morgan fingerprint density at radius 3 is 2.38 bits per heavy atom. The van der Waals surface area contributed by atoms with Gasteiger partial charge in [-0.25, -0.2) is 9.56 Å². The zero-order chi connectivity index (χ0) is 34.5. The van der Waals surface area contributed by atoms with Gasteiger partial charge >= 0.3 is 0 Å². The van der Waals surface area contributed by atoms with Gasteiger partial charge in [0, 0.05) is 69.1 Å². The molecule has 0 aliphatic carbocycles. The number of anilines is 1. The third-order valence-corrected chi connectivity index (χ3v) is 10.8. The Morgan fingerprint density at radius 1 is 1.08 bits per heavy atom. The van der Waals surface area contributed by atoms with E-state index in [2.05, 4.69) is 113 Å². The second kappa shape index (κ2) is 19.0. The van der Waals surface area contributed by atoms with Gasteiger partial charge in [0.05, 0.1) is 0 Å². The van der Waals surface area contributed by atoms with E-state index >= 15 is 0 Å². The summed E-state index contributed by atoms with van der Waals surface area (Å²) >= 11 is 0. The van der Waals surface area contributed by atoms with Crippen molar-refractivity contribution in [3.05, 3.63) is 89.2 Å². The Morgan fingerprint density at radius 2 is 1.79 bits per heavy atom. The first-order valence-corrected chi connectivity index (χ1v) is 18.6. The number of hydrogen-bond donors (Lipinski definition) is 1. The number of hydrogen-bond acceptors (Lipinski definition) is 5. The number of benzene rings is 1. The molecule has 6 heteroatoms. The molecule has 2 saturated heterocycles. The third-order valence-electron chi connectivity index (χ3n) is 10.8. The lowest BCUT2D eigenvalue weighted by atomic mass is 9.88. The van der Waals surface area contributed by atoms with E-state index in [9.17, 15) is 0 Å². The number of nitrogens with zero attached hydrogens (tertiary/aromatic N) is 5. The maximum atomic E-state index is 4.51. The summed E-state index contributed by atoms with van der Waals surface area (Å²) < 4.78 is 2.55. The molecule has 2 aliphatic rings. The number of nitrogens with one attached hydrogen (secondary N) is 1. The molecule has 1 aromatic heterocycles. The van der Waals surface area contributed by atoms with E-state index < -0.39 is 0 Å². The molecule has 1 aromatic carbocycles. The quantitative estimate of drug-likeness (QED) is 0.120. The number of piperidine rings is 2. The summed E-state index contributed by atoms with van der Waals surface area (Å²) in [5, 5.41) is 3.09. The fourth-order valence-corrected chi connectivity index (χ4v) is 7.32. The smallest absolute Gasteiger partial charge is 0.170 e. The summed E-state index contributed by atoms with van der Waals surface area (Å²) in [6.45, 7) is 23.1. The Balaban J connectivity index is 1.28. The Bertz CT molecular complexity index is 1400. The van der Waals surface area contributed by atoms with Crippen LogP contribution in [0.2, 0.25) is 0 Å². The first-order chi connectivity index (χ1) is 23.3. The fourth-order valence-electron chi connectivity index (χ4n) is 7.32. The van der Waals surface area contributed by atoms with Crippen LogP contribution in [0.1, 0.15) is 95.8 Å². The fraction of sp³-hybridized carbons (Fsp3) is 0.548. The zero-order valence-corrected chi connectivity index (χ0v) is 31.1. The molecular formula is C42H63N6+. The maximum absolute atomic E-state index is 4.51. The number of rotatable bonds is 15. The minimum Gasteiger partial charge on any atom is -0.373 e. The zero-order valence-electron chi connectivity index (χ0n) is 31.1. The molecule has 0 spiro atoms. The summed E-state index contributed by atoms with van der Waals surface area (Å²) in [5.41, 5.74) is 7.22. The SMILES string of the molecule is C=C(/C=C(\C)C(C)N1CCC(c2ccc(C=[N+]3CCC(CN(CCC)C(C)CC)CC3)cc2)CC1)/C(=C\C=NC)c1ccc(NC)nc1. The van der Waals surface area contributed by atoms with Crippen molar-refractivity contribution in [1.29, 1.82) is 0 Å². The molecule has 2 aliphatic heterocycles. The highest BCUT2D eigenvalue weighted by Crippen LogP contribution is 2.31. The molecule has 0 amide bonds. The van der Waals surface area contributed by atoms with E-state index in [1.165, 1.54) is 81.4 Å². The molecule has 2 fully saturated rings. The first kappa shape index (κ1) is 37.5. The van der Waals surface area contributed by atoms with Crippen molar-refractivity contribution in [2.24, 2.45) is 10.9 Å². The van der Waals surface area contributed by atoms with Crippen LogP contribution in [0.5, 0.6) is 0 Å². The molecule has 6 nitrogen and oxygen atoms in total. The molecule has 2 atom stereocenters. The molecular weight excluding hydrogens is 589 g/mol. The lowest BCUT2D eigenvalue weighted by Gasteiger charge is -2.37. The highest BCUT2D eigenvalue weighted by Gasteiger charge is 2.26. The number of aromatic nitrogens is 1. The highest BCUT2D eigenvalue weighted by atomic mass is 15.2. The first-order valence-electron chi connectivity index (χ1n) is 18.6. The summed E-state index contributed by atoms with van der Waals surface area (Å²) in [6, 6.07) is 14.6. The summed E-state index contributed by atoms with van der Waals surface area (Å²) in [6.07, 6.45) is 17.9. The van der Waals surface area contributed by atoms with Gasteiger partial charge in [0.1, 0.15) is 18.9 Å². The van der Waals surface area contributed by atoms with Gasteiger partial charge in [-0.05, 0) is 125 Å². The summed E-state index contributed by atoms with van der Waals surface area (Å²) in [5.74, 6) is 2.31. The van der Waals surface area contributed by atoms with Crippen molar-refractivity contribution in [1.82, 2.24) is 14.8 Å². The highest BCUT2D eigenvalue weighted by molar-refractivity contribution is 5.92. The predicted molar refractivity (Wildman–Crippen MR) is 208 cm³/mol. The van der Waals surface area contributed by atoms with Crippen LogP contribution < -0.4 is 5.32 Å². The van der Waals surface area contributed by atoms with Gasteiger partial charge in [-0.2, -0.15) is 0 Å². The van der Waals surface area contributed by atoms with Crippen molar-refractivity contribution in [2.45, 2.75) is 91.1 Å². The van der Waals surface area contributed by atoms with Gasteiger partial charge in [0.25, 0.3) is 0 Å². The maximum Gasteiger partial charge on any atom is 0.170 e. The van der Waals surface area contributed by atoms with Gasteiger partial charge in [-0.15, -0.1) is 0 Å². The van der Waals surface area contributed by atoms with E-state index in [0.717, 1.165) is 41.5 Å². The van der Waals surface area contributed by atoms with E-state index in [0.29, 0.717) is 18.0 Å². The van der Waals surface area contributed by atoms with E-state index in [-0.39, 0.29) is 0 Å².